The van der Waals surface area contributed by atoms with E-state index >= 15 is 0 Å². The van der Waals surface area contributed by atoms with Crippen LogP contribution in [0.4, 0.5) is 13.6 Å². The number of carbonyl (C=O) groups excluding carboxylic acids is 2. The first-order chi connectivity index (χ1) is 15.2. The molecule has 0 saturated heterocycles. The van der Waals surface area contributed by atoms with Crippen LogP contribution in [0.25, 0.3) is 16.8 Å². The molecule has 0 aliphatic heterocycles. The average Bonchev–Trinajstić information content (AvgIpc) is 3.20. The number of urea groups is 1. The van der Waals surface area contributed by atoms with Gasteiger partial charge in [-0.25, -0.2) is 23.7 Å². The van der Waals surface area contributed by atoms with Crippen LogP contribution in [0.1, 0.15) is 38.1 Å². The number of hydrogen-bond acceptors (Lipinski definition) is 4. The topological polar surface area (TPSA) is 101 Å². The van der Waals surface area contributed by atoms with E-state index in [0.717, 1.165) is 18.1 Å². The predicted molar refractivity (Wildman–Crippen MR) is 115 cm³/mol. The van der Waals surface area contributed by atoms with Crippen molar-refractivity contribution in [2.45, 2.75) is 33.2 Å². The lowest BCUT2D eigenvalue weighted by Gasteiger charge is -2.16. The number of amides is 3. The highest BCUT2D eigenvalue weighted by molar-refractivity contribution is 6.31. The summed E-state index contributed by atoms with van der Waals surface area (Å²) in [6.45, 7) is 4.70. The van der Waals surface area contributed by atoms with Gasteiger partial charge in [0.1, 0.15) is 11.5 Å². The minimum absolute atomic E-state index is 0.0388. The van der Waals surface area contributed by atoms with Crippen molar-refractivity contribution in [1.82, 2.24) is 30.9 Å². The van der Waals surface area contributed by atoms with E-state index in [0.29, 0.717) is 5.56 Å². The van der Waals surface area contributed by atoms with Gasteiger partial charge in [0.15, 0.2) is 5.82 Å². The number of nitrogens with one attached hydrogen (secondary N) is 3. The summed E-state index contributed by atoms with van der Waals surface area (Å²) in [6.07, 6.45) is 5.39. The van der Waals surface area contributed by atoms with Crippen LogP contribution in [0, 0.1) is 11.6 Å². The number of aromatic nitrogens is 3. The fourth-order valence-electron chi connectivity index (χ4n) is 3.04. The smallest absolute Gasteiger partial charge is 0.329 e. The fraction of sp³-hybridized carbons (Fsp3) is 0.238. The zero-order valence-electron chi connectivity index (χ0n) is 17.5. The second kappa shape index (κ2) is 9.73. The second-order valence-electron chi connectivity index (χ2n) is 7.02. The number of pyridine rings is 1. The van der Waals surface area contributed by atoms with E-state index in [2.05, 4.69) is 26.3 Å². The maximum atomic E-state index is 14.9. The van der Waals surface area contributed by atoms with Crippen molar-refractivity contribution < 1.29 is 18.4 Å². The Bertz CT molecular complexity index is 1170. The maximum absolute atomic E-state index is 14.9. The van der Waals surface area contributed by atoms with Gasteiger partial charge in [-0.2, -0.15) is 5.10 Å². The summed E-state index contributed by atoms with van der Waals surface area (Å²) in [5.41, 5.74) is 5.81. The molecule has 0 fully saturated rings. The largest absolute Gasteiger partial charge is 0.334 e. The fourth-order valence-corrected chi connectivity index (χ4v) is 3.25. The van der Waals surface area contributed by atoms with Gasteiger partial charge in [0.2, 0.25) is 5.91 Å². The van der Waals surface area contributed by atoms with Gasteiger partial charge in [-0.3, -0.25) is 15.2 Å². The molecule has 11 heteroatoms. The van der Waals surface area contributed by atoms with Gasteiger partial charge >= 0.3 is 6.03 Å². The van der Waals surface area contributed by atoms with Crippen molar-refractivity contribution in [2.24, 2.45) is 0 Å². The van der Waals surface area contributed by atoms with E-state index in [9.17, 15) is 18.4 Å². The number of hydrogen-bond donors (Lipinski definition) is 3. The first-order valence-corrected chi connectivity index (χ1v) is 10.1. The Morgan fingerprint density at radius 3 is 2.53 bits per heavy atom. The van der Waals surface area contributed by atoms with Crippen LogP contribution in [0.3, 0.4) is 0 Å². The lowest BCUT2D eigenvalue weighted by molar-refractivity contribution is -0.119. The van der Waals surface area contributed by atoms with Gasteiger partial charge in [-0.05, 0) is 37.1 Å². The molecule has 32 heavy (non-hydrogen) atoms. The Balaban J connectivity index is 1.94. The first kappa shape index (κ1) is 23.1. The van der Waals surface area contributed by atoms with Gasteiger partial charge in [0.25, 0.3) is 0 Å². The minimum atomic E-state index is -0.813. The molecule has 0 spiro atoms. The highest BCUT2D eigenvalue weighted by Gasteiger charge is 2.20. The highest BCUT2D eigenvalue weighted by Crippen LogP contribution is 2.33. The molecule has 1 aromatic carbocycles. The van der Waals surface area contributed by atoms with Crippen molar-refractivity contribution in [3.8, 4) is 16.8 Å². The summed E-state index contributed by atoms with van der Waals surface area (Å²) in [7, 11) is 0. The van der Waals surface area contributed by atoms with Crippen LogP contribution >= 0.6 is 11.6 Å². The Morgan fingerprint density at radius 2 is 1.91 bits per heavy atom. The maximum Gasteiger partial charge on any atom is 0.334 e. The molecule has 3 aromatic rings. The van der Waals surface area contributed by atoms with Crippen LogP contribution < -0.4 is 16.2 Å². The van der Waals surface area contributed by atoms with Gasteiger partial charge in [0, 0.05) is 35.5 Å². The SMILES string of the molecule is CCc1cnn(-c2c(F)cc(Cl)cc2-c2cnc([C@@H](C)NC(=O)NNC(C)=O)c(F)c2)c1. The van der Waals surface area contributed by atoms with Gasteiger partial charge < -0.3 is 5.32 Å². The molecule has 0 unspecified atom stereocenters. The van der Waals surface area contributed by atoms with E-state index in [4.69, 9.17) is 11.6 Å². The van der Waals surface area contributed by atoms with E-state index in [1.165, 1.54) is 36.9 Å². The monoisotopic (exact) mass is 462 g/mol. The van der Waals surface area contributed by atoms with E-state index in [1.807, 2.05) is 6.92 Å². The molecule has 8 nitrogen and oxygen atoms in total. The molecule has 3 amide bonds. The Kier molecular flexibility index (Phi) is 7.04. The Labute approximate surface area is 188 Å². The molecule has 0 saturated carbocycles. The molecule has 2 aromatic heterocycles. The van der Waals surface area contributed by atoms with Crippen LogP contribution in [-0.2, 0) is 11.2 Å². The minimum Gasteiger partial charge on any atom is -0.329 e. The molecule has 3 N–H and O–H groups in total. The molecule has 2 heterocycles. The molecule has 168 valence electrons. The summed E-state index contributed by atoms with van der Waals surface area (Å²) in [6, 6.07) is 2.30. The summed E-state index contributed by atoms with van der Waals surface area (Å²) < 4.78 is 31.1. The number of aryl methyl sites for hydroxylation is 1. The number of carbonyl (C=O) groups is 2. The van der Waals surface area contributed by atoms with E-state index in [1.54, 1.807) is 12.4 Å². The van der Waals surface area contributed by atoms with Gasteiger partial charge in [0.05, 0.1) is 17.9 Å². The zero-order valence-corrected chi connectivity index (χ0v) is 18.3. The summed E-state index contributed by atoms with van der Waals surface area (Å²) >= 11 is 6.05. The zero-order chi connectivity index (χ0) is 23.4. The van der Waals surface area contributed by atoms with Crippen molar-refractivity contribution in [3.63, 3.8) is 0 Å². The number of benzene rings is 1. The highest BCUT2D eigenvalue weighted by atomic mass is 35.5. The van der Waals surface area contributed by atoms with Gasteiger partial charge in [-0.1, -0.05) is 18.5 Å². The third-order valence-electron chi connectivity index (χ3n) is 4.59. The quantitative estimate of drug-likeness (QED) is 0.501. The second-order valence-corrected chi connectivity index (χ2v) is 7.46. The summed E-state index contributed by atoms with van der Waals surface area (Å²) in [4.78, 5) is 26.8. The first-order valence-electron chi connectivity index (χ1n) is 9.71. The standard InChI is InChI=1S/C21H21ClF2N6O2/c1-4-13-8-26-30(10-13)20-16(6-15(22)7-18(20)24)14-5-17(23)19(25-9-14)11(2)27-21(32)29-28-12(3)31/h5-11H,4H2,1-3H3,(H,28,31)(H2,27,29,32)/t11-/m1/s1. The molecule has 1 atom stereocenters. The molecule has 0 aliphatic carbocycles. The number of hydrazine groups is 1. The van der Waals surface area contributed by atoms with Crippen LogP contribution in [0.15, 0.2) is 36.8 Å². The number of rotatable bonds is 5. The van der Waals surface area contributed by atoms with Crippen molar-refractivity contribution in [3.05, 3.63) is 64.7 Å². The van der Waals surface area contributed by atoms with Crippen molar-refractivity contribution >= 4 is 23.5 Å². The molecule has 3 rings (SSSR count). The molecular weight excluding hydrogens is 442 g/mol. The summed E-state index contributed by atoms with van der Waals surface area (Å²) in [5, 5.41) is 6.79. The van der Waals surface area contributed by atoms with Crippen LogP contribution in [0.2, 0.25) is 5.02 Å². The normalized spacial score (nSPS) is 11.7. The third kappa shape index (κ3) is 5.20. The van der Waals surface area contributed by atoms with Crippen molar-refractivity contribution in [1.29, 1.82) is 0 Å². The van der Waals surface area contributed by atoms with Crippen molar-refractivity contribution in [2.75, 3.05) is 0 Å². The van der Waals surface area contributed by atoms with E-state index in [-0.39, 0.29) is 22.0 Å². The molecule has 0 bridgehead atoms. The summed E-state index contributed by atoms with van der Waals surface area (Å²) in [5.74, 6) is -1.79. The molecule has 0 aliphatic rings. The Morgan fingerprint density at radius 1 is 1.16 bits per heavy atom. The third-order valence-corrected chi connectivity index (χ3v) is 4.81. The number of halogens is 3. The molecule has 0 radical (unpaired) electrons. The lowest BCUT2D eigenvalue weighted by atomic mass is 10.0. The van der Waals surface area contributed by atoms with Gasteiger partial charge in [-0.15, -0.1) is 0 Å². The van der Waals surface area contributed by atoms with Crippen LogP contribution in [-0.4, -0.2) is 26.7 Å². The molecular formula is C21H21ClF2N6O2. The average molecular weight is 463 g/mol. The lowest BCUT2D eigenvalue weighted by Crippen LogP contribution is -2.46. The number of nitrogens with zero attached hydrogens (tertiary/aromatic N) is 3. The predicted octanol–water partition coefficient (Wildman–Crippen LogP) is 3.84. The van der Waals surface area contributed by atoms with E-state index < -0.39 is 29.6 Å². The Hall–Kier alpha value is -3.53. The van der Waals surface area contributed by atoms with Crippen LogP contribution in [0.5, 0.6) is 0 Å².